The van der Waals surface area contributed by atoms with Crippen molar-refractivity contribution in [3.63, 3.8) is 0 Å². The van der Waals surface area contributed by atoms with E-state index in [1.807, 2.05) is 0 Å². The smallest absolute Gasteiger partial charge is 0.416 e. The van der Waals surface area contributed by atoms with Crippen LogP contribution >= 0.6 is 0 Å². The molecule has 0 atom stereocenters. The van der Waals surface area contributed by atoms with Crippen LogP contribution in [0, 0.1) is 0 Å². The van der Waals surface area contributed by atoms with Gasteiger partial charge < -0.3 is 15.5 Å². The summed E-state index contributed by atoms with van der Waals surface area (Å²) in [5.74, 6) is -1.80. The van der Waals surface area contributed by atoms with Gasteiger partial charge in [0.15, 0.2) is 0 Å². The normalized spacial score (nSPS) is 11.5. The number of alkyl halides is 3. The Morgan fingerprint density at radius 2 is 1.64 bits per heavy atom. The number of halogens is 3. The van der Waals surface area contributed by atoms with Gasteiger partial charge in [-0.05, 0) is 36.4 Å². The highest BCUT2D eigenvalue weighted by Gasteiger charge is 2.30. The molecule has 5 nitrogen and oxygen atoms in total. The minimum absolute atomic E-state index is 0.00583. The van der Waals surface area contributed by atoms with Crippen molar-refractivity contribution in [2.24, 2.45) is 5.73 Å². The molecule has 128 valence electrons. The van der Waals surface area contributed by atoms with E-state index in [0.717, 1.165) is 24.3 Å². The first-order valence-corrected chi connectivity index (χ1v) is 7.07. The molecule has 3 N–H and O–H groups in total. The Hall–Kier alpha value is -3.29. The molecule has 25 heavy (non-hydrogen) atoms. The van der Waals surface area contributed by atoms with Gasteiger partial charge in [-0.15, -0.1) is 0 Å². The zero-order chi connectivity index (χ0) is 18.2. The van der Waals surface area contributed by atoms with Crippen LogP contribution in [0.2, 0.25) is 0 Å². The number of carbonyl (C=O) groups excluding carboxylic acids is 2. The van der Waals surface area contributed by atoms with E-state index in [0.29, 0.717) is 11.0 Å². The van der Waals surface area contributed by atoms with Crippen molar-refractivity contribution in [2.45, 2.75) is 6.18 Å². The van der Waals surface area contributed by atoms with E-state index < -0.39 is 23.6 Å². The minimum atomic E-state index is -4.49. The van der Waals surface area contributed by atoms with Crippen molar-refractivity contribution in [1.82, 2.24) is 0 Å². The molecule has 0 aliphatic rings. The zero-order valence-corrected chi connectivity index (χ0v) is 12.6. The second kappa shape index (κ2) is 5.97. The monoisotopic (exact) mass is 348 g/mol. The summed E-state index contributed by atoms with van der Waals surface area (Å²) in [7, 11) is 0. The molecule has 0 fully saturated rings. The number of anilines is 1. The lowest BCUT2D eigenvalue weighted by Gasteiger charge is -2.08. The average Bonchev–Trinajstić information content (AvgIpc) is 2.93. The highest BCUT2D eigenvalue weighted by atomic mass is 19.4. The standard InChI is InChI=1S/C17H11F3N2O3/c18-17(19,20)10-7-5-9(6-8-10)16(24)22-13-11-3-1-2-4-12(11)25-14(13)15(21)23/h1-8H,(H2,21,23)(H,22,24). The third-order valence-corrected chi connectivity index (χ3v) is 3.53. The third-order valence-electron chi connectivity index (χ3n) is 3.53. The molecule has 0 saturated heterocycles. The van der Waals surface area contributed by atoms with Gasteiger partial charge >= 0.3 is 6.18 Å². The molecule has 0 radical (unpaired) electrons. The van der Waals surface area contributed by atoms with Crippen molar-refractivity contribution in [3.8, 4) is 0 Å². The van der Waals surface area contributed by atoms with Crippen LogP contribution in [0.3, 0.4) is 0 Å². The van der Waals surface area contributed by atoms with Crippen molar-refractivity contribution in [2.75, 3.05) is 5.32 Å². The van der Waals surface area contributed by atoms with Gasteiger partial charge in [-0.3, -0.25) is 9.59 Å². The molecule has 8 heteroatoms. The summed E-state index contributed by atoms with van der Waals surface area (Å²) in [5.41, 5.74) is 4.80. The number of amides is 2. The zero-order valence-electron chi connectivity index (χ0n) is 12.6. The van der Waals surface area contributed by atoms with Crippen LogP contribution in [0.5, 0.6) is 0 Å². The summed E-state index contributed by atoms with van der Waals surface area (Å²) in [5, 5.41) is 2.93. The number of hydrogen-bond acceptors (Lipinski definition) is 3. The number of rotatable bonds is 3. The molecule has 3 aromatic rings. The lowest BCUT2D eigenvalue weighted by atomic mass is 10.1. The van der Waals surface area contributed by atoms with Gasteiger partial charge in [-0.1, -0.05) is 12.1 Å². The number of primary amides is 1. The lowest BCUT2D eigenvalue weighted by Crippen LogP contribution is -2.17. The van der Waals surface area contributed by atoms with Crippen LogP contribution in [0.15, 0.2) is 52.9 Å². The maximum Gasteiger partial charge on any atom is 0.416 e. The summed E-state index contributed by atoms with van der Waals surface area (Å²) in [6, 6.07) is 10.3. The van der Waals surface area contributed by atoms with E-state index in [2.05, 4.69) is 5.32 Å². The fourth-order valence-electron chi connectivity index (χ4n) is 2.34. The fourth-order valence-corrected chi connectivity index (χ4v) is 2.34. The molecule has 1 aromatic heterocycles. The number of fused-ring (bicyclic) bond motifs is 1. The van der Waals surface area contributed by atoms with E-state index in [1.165, 1.54) is 0 Å². The van der Waals surface area contributed by atoms with Gasteiger partial charge in [0.25, 0.3) is 11.8 Å². The number of hydrogen-bond donors (Lipinski definition) is 2. The summed E-state index contributed by atoms with van der Waals surface area (Å²) in [6.45, 7) is 0. The van der Waals surface area contributed by atoms with E-state index in [-0.39, 0.29) is 17.0 Å². The number of nitrogens with one attached hydrogen (secondary N) is 1. The summed E-state index contributed by atoms with van der Waals surface area (Å²) < 4.78 is 43.1. The van der Waals surface area contributed by atoms with Crippen LogP contribution in [-0.2, 0) is 6.18 Å². The fraction of sp³-hybridized carbons (Fsp3) is 0.0588. The largest absolute Gasteiger partial charge is 0.449 e. The minimum Gasteiger partial charge on any atom is -0.449 e. The summed E-state index contributed by atoms with van der Waals surface area (Å²) >= 11 is 0. The molecule has 0 bridgehead atoms. The Bertz CT molecular complexity index is 959. The Morgan fingerprint density at radius 3 is 2.24 bits per heavy atom. The Balaban J connectivity index is 1.94. The first-order valence-electron chi connectivity index (χ1n) is 7.07. The van der Waals surface area contributed by atoms with Crippen molar-refractivity contribution >= 4 is 28.5 Å². The van der Waals surface area contributed by atoms with Crippen molar-refractivity contribution < 1.29 is 27.2 Å². The molecule has 0 unspecified atom stereocenters. The quantitative estimate of drug-likeness (QED) is 0.755. The van der Waals surface area contributed by atoms with Gasteiger partial charge in [-0.2, -0.15) is 13.2 Å². The lowest BCUT2D eigenvalue weighted by molar-refractivity contribution is -0.137. The second-order valence-corrected chi connectivity index (χ2v) is 5.20. The van der Waals surface area contributed by atoms with Gasteiger partial charge in [0.1, 0.15) is 11.3 Å². The SMILES string of the molecule is NC(=O)c1oc2ccccc2c1NC(=O)c1ccc(C(F)(F)F)cc1. The molecule has 2 aromatic carbocycles. The molecule has 0 aliphatic carbocycles. The van der Waals surface area contributed by atoms with E-state index in [1.54, 1.807) is 24.3 Å². The van der Waals surface area contributed by atoms with Gasteiger partial charge in [-0.25, -0.2) is 0 Å². The molecule has 2 amide bonds. The Morgan fingerprint density at radius 1 is 1.00 bits per heavy atom. The van der Waals surface area contributed by atoms with E-state index in [4.69, 9.17) is 10.2 Å². The van der Waals surface area contributed by atoms with Crippen LogP contribution in [-0.4, -0.2) is 11.8 Å². The highest BCUT2D eigenvalue weighted by molar-refractivity contribution is 6.14. The topological polar surface area (TPSA) is 85.3 Å². The number of para-hydroxylation sites is 1. The Kier molecular flexibility index (Phi) is 3.96. The predicted octanol–water partition coefficient (Wildman–Crippen LogP) is 3.80. The van der Waals surface area contributed by atoms with Crippen LogP contribution < -0.4 is 11.1 Å². The summed E-state index contributed by atoms with van der Waals surface area (Å²) in [6.07, 6.45) is -4.49. The molecule has 0 aliphatic heterocycles. The van der Waals surface area contributed by atoms with Gasteiger partial charge in [0.2, 0.25) is 5.76 Å². The van der Waals surface area contributed by atoms with Gasteiger partial charge in [0, 0.05) is 10.9 Å². The number of nitrogens with two attached hydrogens (primary N) is 1. The second-order valence-electron chi connectivity index (χ2n) is 5.20. The van der Waals surface area contributed by atoms with Crippen LogP contribution in [0.25, 0.3) is 11.0 Å². The van der Waals surface area contributed by atoms with Crippen molar-refractivity contribution in [1.29, 1.82) is 0 Å². The molecule has 1 heterocycles. The molecular formula is C17H11F3N2O3. The maximum absolute atomic E-state index is 12.6. The molecule has 0 spiro atoms. The number of furan rings is 1. The van der Waals surface area contributed by atoms with Gasteiger partial charge in [0.05, 0.1) is 5.56 Å². The predicted molar refractivity (Wildman–Crippen MR) is 84.1 cm³/mol. The first-order chi connectivity index (χ1) is 11.8. The van der Waals surface area contributed by atoms with E-state index in [9.17, 15) is 22.8 Å². The molecular weight excluding hydrogens is 337 g/mol. The Labute approximate surface area is 139 Å². The molecule has 3 rings (SSSR count). The first kappa shape index (κ1) is 16.6. The average molecular weight is 348 g/mol. The van der Waals surface area contributed by atoms with Crippen LogP contribution in [0.1, 0.15) is 26.5 Å². The van der Waals surface area contributed by atoms with E-state index >= 15 is 0 Å². The third kappa shape index (κ3) is 3.18. The van der Waals surface area contributed by atoms with Crippen molar-refractivity contribution in [3.05, 3.63) is 65.4 Å². The van der Waals surface area contributed by atoms with Crippen LogP contribution in [0.4, 0.5) is 18.9 Å². The number of benzene rings is 2. The molecule has 0 saturated carbocycles. The highest BCUT2D eigenvalue weighted by Crippen LogP contribution is 2.32. The number of carbonyl (C=O) groups is 2. The summed E-state index contributed by atoms with van der Waals surface area (Å²) in [4.78, 5) is 23.8. The maximum atomic E-state index is 12.6.